The fraction of sp³-hybridized carbons (Fsp3) is 0.579. The molecule has 1 aliphatic rings. The van der Waals surface area contributed by atoms with E-state index in [0.717, 1.165) is 45.2 Å². The average Bonchev–Trinajstić information content (AvgIpc) is 2.87. The maximum Gasteiger partial charge on any atom is 0.253 e. The molecule has 5 nitrogen and oxygen atoms in total. The Hall–Kier alpha value is -1.59. The van der Waals surface area contributed by atoms with Gasteiger partial charge < -0.3 is 15.5 Å². The molecule has 2 N–H and O–H groups in total. The summed E-state index contributed by atoms with van der Waals surface area (Å²) in [5.74, 6) is 0.184. The van der Waals surface area contributed by atoms with Gasteiger partial charge in [-0.2, -0.15) is 0 Å². The van der Waals surface area contributed by atoms with E-state index in [0.29, 0.717) is 36.6 Å². The van der Waals surface area contributed by atoms with Crippen LogP contribution in [0.1, 0.15) is 48.9 Å². The first-order valence-electron chi connectivity index (χ1n) is 9.14. The zero-order chi connectivity index (χ0) is 18.1. The van der Waals surface area contributed by atoms with Gasteiger partial charge in [-0.3, -0.25) is 9.59 Å². The van der Waals surface area contributed by atoms with Crippen LogP contribution in [0.5, 0.6) is 0 Å². The van der Waals surface area contributed by atoms with E-state index < -0.39 is 0 Å². The van der Waals surface area contributed by atoms with E-state index >= 15 is 0 Å². The topological polar surface area (TPSA) is 66.6 Å². The van der Waals surface area contributed by atoms with Crippen LogP contribution < -0.4 is 5.73 Å². The molecule has 0 radical (unpaired) electrons. The molecule has 2 amide bonds. The van der Waals surface area contributed by atoms with Crippen molar-refractivity contribution in [2.75, 3.05) is 32.7 Å². The molecule has 1 heterocycles. The Morgan fingerprint density at radius 2 is 1.72 bits per heavy atom. The molecule has 0 unspecified atom stereocenters. The summed E-state index contributed by atoms with van der Waals surface area (Å²) in [4.78, 5) is 28.7. The van der Waals surface area contributed by atoms with Crippen LogP contribution in [-0.4, -0.2) is 54.3 Å². The van der Waals surface area contributed by atoms with Gasteiger partial charge in [0.1, 0.15) is 0 Å². The average molecular weight is 366 g/mol. The quantitative estimate of drug-likeness (QED) is 0.755. The van der Waals surface area contributed by atoms with Crippen molar-refractivity contribution < 1.29 is 9.59 Å². The van der Waals surface area contributed by atoms with E-state index in [1.54, 1.807) is 24.3 Å². The fourth-order valence-corrected chi connectivity index (χ4v) is 3.30. The van der Waals surface area contributed by atoms with Gasteiger partial charge in [0.05, 0.1) is 0 Å². The zero-order valence-corrected chi connectivity index (χ0v) is 15.5. The van der Waals surface area contributed by atoms with Crippen molar-refractivity contribution in [1.82, 2.24) is 9.80 Å². The molecule has 1 aromatic rings. The van der Waals surface area contributed by atoms with E-state index in [9.17, 15) is 9.59 Å². The minimum absolute atomic E-state index is 0.0152. The van der Waals surface area contributed by atoms with Gasteiger partial charge in [-0.25, -0.2) is 0 Å². The van der Waals surface area contributed by atoms with Gasteiger partial charge in [0.2, 0.25) is 5.91 Å². The molecule has 1 aromatic carbocycles. The Kier molecular flexibility index (Phi) is 8.22. The van der Waals surface area contributed by atoms with Gasteiger partial charge in [0.25, 0.3) is 5.91 Å². The molecule has 1 fully saturated rings. The second kappa shape index (κ2) is 10.4. The van der Waals surface area contributed by atoms with Crippen molar-refractivity contribution in [3.8, 4) is 0 Å². The van der Waals surface area contributed by atoms with Gasteiger partial charge in [-0.05, 0) is 44.0 Å². The van der Waals surface area contributed by atoms with Crippen molar-refractivity contribution in [3.63, 3.8) is 0 Å². The standard InChI is InChI=1S/C19H28ClN3O2/c20-17-8-5-7-16(15-17)19(25)23-12-6-11-22(13-14-23)18(24)9-3-1-2-4-10-21/h5,7-8,15H,1-4,6,9-14,21H2. The molecule has 2 rings (SSSR count). The van der Waals surface area contributed by atoms with Crippen molar-refractivity contribution in [2.45, 2.75) is 38.5 Å². The SMILES string of the molecule is NCCCCCCC(=O)N1CCCN(C(=O)c2cccc(Cl)c2)CC1. The fourth-order valence-electron chi connectivity index (χ4n) is 3.11. The molecule has 0 aromatic heterocycles. The van der Waals surface area contributed by atoms with Gasteiger partial charge in [0.15, 0.2) is 0 Å². The third-order valence-electron chi connectivity index (χ3n) is 4.55. The number of nitrogens with two attached hydrogens (primary N) is 1. The molecule has 25 heavy (non-hydrogen) atoms. The summed E-state index contributed by atoms with van der Waals surface area (Å²) < 4.78 is 0. The summed E-state index contributed by atoms with van der Waals surface area (Å²) >= 11 is 5.97. The maximum atomic E-state index is 12.6. The van der Waals surface area contributed by atoms with Gasteiger partial charge in [-0.15, -0.1) is 0 Å². The number of benzene rings is 1. The van der Waals surface area contributed by atoms with Crippen molar-refractivity contribution >= 4 is 23.4 Å². The van der Waals surface area contributed by atoms with E-state index in [2.05, 4.69) is 0 Å². The Morgan fingerprint density at radius 1 is 1.00 bits per heavy atom. The number of rotatable bonds is 7. The molecule has 138 valence electrons. The lowest BCUT2D eigenvalue weighted by Gasteiger charge is -2.22. The van der Waals surface area contributed by atoms with Crippen LogP contribution in [0.15, 0.2) is 24.3 Å². The predicted octanol–water partition coefficient (Wildman–Crippen LogP) is 2.92. The first-order chi connectivity index (χ1) is 12.1. The largest absolute Gasteiger partial charge is 0.341 e. The van der Waals surface area contributed by atoms with Gasteiger partial charge in [0, 0.05) is 43.2 Å². The van der Waals surface area contributed by atoms with Crippen LogP contribution in [0.2, 0.25) is 5.02 Å². The number of carbonyl (C=O) groups excluding carboxylic acids is 2. The molecular weight excluding hydrogens is 338 g/mol. The van der Waals surface area contributed by atoms with Gasteiger partial charge >= 0.3 is 0 Å². The van der Waals surface area contributed by atoms with Crippen molar-refractivity contribution in [1.29, 1.82) is 0 Å². The number of nitrogens with zero attached hydrogens (tertiary/aromatic N) is 2. The molecule has 0 aliphatic carbocycles. The third kappa shape index (κ3) is 6.33. The van der Waals surface area contributed by atoms with E-state index in [-0.39, 0.29) is 11.8 Å². The smallest absolute Gasteiger partial charge is 0.253 e. The Labute approximate surface area is 155 Å². The lowest BCUT2D eigenvalue weighted by molar-refractivity contribution is -0.131. The predicted molar refractivity (Wildman–Crippen MR) is 101 cm³/mol. The maximum absolute atomic E-state index is 12.6. The number of amides is 2. The molecule has 0 saturated carbocycles. The Bertz CT molecular complexity index is 580. The van der Waals surface area contributed by atoms with Crippen LogP contribution in [-0.2, 0) is 4.79 Å². The minimum atomic E-state index is -0.0152. The number of carbonyl (C=O) groups is 2. The van der Waals surface area contributed by atoms with E-state index in [4.69, 9.17) is 17.3 Å². The first kappa shape index (κ1) is 19.7. The molecule has 0 bridgehead atoms. The highest BCUT2D eigenvalue weighted by molar-refractivity contribution is 6.30. The number of hydrogen-bond donors (Lipinski definition) is 1. The summed E-state index contributed by atoms with van der Waals surface area (Å²) in [6.07, 6.45) is 5.48. The second-order valence-electron chi connectivity index (χ2n) is 6.49. The molecule has 1 aliphatic heterocycles. The van der Waals surface area contributed by atoms with E-state index in [1.165, 1.54) is 0 Å². The third-order valence-corrected chi connectivity index (χ3v) is 4.79. The highest BCUT2D eigenvalue weighted by Crippen LogP contribution is 2.15. The Balaban J connectivity index is 1.81. The monoisotopic (exact) mass is 365 g/mol. The van der Waals surface area contributed by atoms with Crippen LogP contribution >= 0.6 is 11.6 Å². The normalized spacial score (nSPS) is 15.1. The summed E-state index contributed by atoms with van der Waals surface area (Å²) in [5, 5.41) is 0.562. The minimum Gasteiger partial charge on any atom is -0.341 e. The lowest BCUT2D eigenvalue weighted by Crippen LogP contribution is -2.37. The summed E-state index contributed by atoms with van der Waals surface area (Å²) in [6.45, 7) is 3.29. The molecule has 6 heteroatoms. The molecule has 0 atom stereocenters. The number of hydrogen-bond acceptors (Lipinski definition) is 3. The summed E-state index contributed by atoms with van der Waals surface area (Å²) in [5.41, 5.74) is 6.08. The summed E-state index contributed by atoms with van der Waals surface area (Å²) in [7, 11) is 0. The Morgan fingerprint density at radius 3 is 2.48 bits per heavy atom. The van der Waals surface area contributed by atoms with Crippen LogP contribution in [0.25, 0.3) is 0 Å². The van der Waals surface area contributed by atoms with Crippen LogP contribution in [0.4, 0.5) is 0 Å². The van der Waals surface area contributed by atoms with E-state index in [1.807, 2.05) is 9.80 Å². The number of halogens is 1. The van der Waals surface area contributed by atoms with Crippen molar-refractivity contribution in [2.24, 2.45) is 5.73 Å². The number of unbranched alkanes of at least 4 members (excludes halogenated alkanes) is 3. The van der Waals surface area contributed by atoms with Crippen LogP contribution in [0, 0.1) is 0 Å². The summed E-state index contributed by atoms with van der Waals surface area (Å²) in [6, 6.07) is 7.02. The zero-order valence-electron chi connectivity index (χ0n) is 14.8. The lowest BCUT2D eigenvalue weighted by atomic mass is 10.1. The van der Waals surface area contributed by atoms with Crippen molar-refractivity contribution in [3.05, 3.63) is 34.9 Å². The molecule has 0 spiro atoms. The first-order valence-corrected chi connectivity index (χ1v) is 9.52. The second-order valence-corrected chi connectivity index (χ2v) is 6.93. The van der Waals surface area contributed by atoms with Crippen LogP contribution in [0.3, 0.4) is 0 Å². The highest BCUT2D eigenvalue weighted by atomic mass is 35.5. The molecule has 1 saturated heterocycles. The highest BCUT2D eigenvalue weighted by Gasteiger charge is 2.22. The molecular formula is C19H28ClN3O2. The van der Waals surface area contributed by atoms with Gasteiger partial charge in [-0.1, -0.05) is 30.5 Å².